The molecule has 24 heavy (non-hydrogen) atoms. The zero-order chi connectivity index (χ0) is 17.9. The van der Waals surface area contributed by atoms with Gasteiger partial charge in [-0.1, -0.05) is 19.5 Å². The van der Waals surface area contributed by atoms with Crippen molar-refractivity contribution in [1.29, 1.82) is 0 Å². The van der Waals surface area contributed by atoms with E-state index in [2.05, 4.69) is 10.6 Å². The van der Waals surface area contributed by atoms with E-state index >= 15 is 0 Å². The minimum absolute atomic E-state index is 0.0387. The first-order valence-electron chi connectivity index (χ1n) is 8.63. The van der Waals surface area contributed by atoms with Crippen LogP contribution in [0.15, 0.2) is 0 Å². The highest BCUT2D eigenvalue weighted by Gasteiger charge is 2.31. The Hall–Kier alpha value is -1.22. The average Bonchev–Trinajstić information content (AvgIpc) is 2.52. The van der Waals surface area contributed by atoms with Crippen molar-refractivity contribution in [1.82, 2.24) is 16.3 Å². The highest BCUT2D eigenvalue weighted by atomic mass is 16.8. The monoisotopic (exact) mass is 345 g/mol. The topological polar surface area (TPSA) is 109 Å². The molecule has 8 nitrogen and oxygen atoms in total. The summed E-state index contributed by atoms with van der Waals surface area (Å²) in [5.74, 6) is -0.515. The van der Waals surface area contributed by atoms with E-state index in [4.69, 9.17) is 14.8 Å². The maximum Gasteiger partial charge on any atom is 0.246 e. The quantitative estimate of drug-likeness (QED) is 0.548. The fourth-order valence-corrected chi connectivity index (χ4v) is 2.79. The lowest BCUT2D eigenvalue weighted by atomic mass is 9.91. The Morgan fingerprint density at radius 2 is 2.12 bits per heavy atom. The van der Waals surface area contributed by atoms with Crippen LogP contribution in [0.2, 0.25) is 0 Å². The molecule has 0 aromatic carbocycles. The molecule has 1 saturated heterocycles. The molecule has 1 unspecified atom stereocenters. The minimum Gasteiger partial charge on any atom is -0.365 e. The largest absolute Gasteiger partial charge is 0.365 e. The third-order valence-electron chi connectivity index (χ3n) is 4.03. The van der Waals surface area contributed by atoms with Crippen LogP contribution in [-0.2, 0) is 19.2 Å². The number of amides is 2. The molecule has 1 heterocycles. The van der Waals surface area contributed by atoms with Crippen molar-refractivity contribution in [3.63, 3.8) is 0 Å². The van der Waals surface area contributed by atoms with Gasteiger partial charge in [0, 0.05) is 12.6 Å². The molecule has 1 fully saturated rings. The molecule has 8 heteroatoms. The Morgan fingerprint density at radius 1 is 1.38 bits per heavy atom. The van der Waals surface area contributed by atoms with Gasteiger partial charge in [-0.05, 0) is 38.5 Å². The van der Waals surface area contributed by atoms with Gasteiger partial charge in [-0.2, -0.15) is 0 Å². The van der Waals surface area contributed by atoms with Gasteiger partial charge < -0.3 is 15.4 Å². The number of nitrogens with one attached hydrogen (secondary N) is 3. The summed E-state index contributed by atoms with van der Waals surface area (Å²) < 4.78 is 5.64. The second-order valence-electron chi connectivity index (χ2n) is 6.74. The Balaban J connectivity index is 2.90. The van der Waals surface area contributed by atoms with Crippen LogP contribution >= 0.6 is 0 Å². The Labute approximate surface area is 143 Å². The van der Waals surface area contributed by atoms with E-state index in [-0.39, 0.29) is 37.0 Å². The molecule has 4 N–H and O–H groups in total. The van der Waals surface area contributed by atoms with Crippen LogP contribution < -0.4 is 16.3 Å². The first kappa shape index (κ1) is 20.8. The lowest BCUT2D eigenvalue weighted by Gasteiger charge is -2.28. The second kappa shape index (κ2) is 11.4. The summed E-state index contributed by atoms with van der Waals surface area (Å²) in [5, 5.41) is 14.5. The van der Waals surface area contributed by atoms with E-state index in [0.717, 1.165) is 19.3 Å². The van der Waals surface area contributed by atoms with Crippen LogP contribution in [-0.4, -0.2) is 48.9 Å². The van der Waals surface area contributed by atoms with Crippen LogP contribution in [0.5, 0.6) is 0 Å². The SMILES string of the molecule is CC(C)C[C@H]1C(=O)N[C@H](C)CCCCNC(=O)COC1CONO. The van der Waals surface area contributed by atoms with Gasteiger partial charge in [0.2, 0.25) is 11.8 Å². The molecule has 2 amide bonds. The van der Waals surface area contributed by atoms with Crippen molar-refractivity contribution in [2.45, 2.75) is 58.6 Å². The molecule has 0 bridgehead atoms. The summed E-state index contributed by atoms with van der Waals surface area (Å²) >= 11 is 0. The highest BCUT2D eigenvalue weighted by molar-refractivity contribution is 5.80. The fraction of sp³-hybridized carbons (Fsp3) is 0.875. The van der Waals surface area contributed by atoms with Gasteiger partial charge in [-0.3, -0.25) is 19.6 Å². The lowest BCUT2D eigenvalue weighted by molar-refractivity contribution is -0.170. The molecule has 1 aliphatic heterocycles. The summed E-state index contributed by atoms with van der Waals surface area (Å²) in [4.78, 5) is 29.3. The average molecular weight is 345 g/mol. The lowest BCUT2D eigenvalue weighted by Crippen LogP contribution is -2.46. The number of rotatable bonds is 5. The van der Waals surface area contributed by atoms with Gasteiger partial charge in [0.05, 0.1) is 18.6 Å². The van der Waals surface area contributed by atoms with Gasteiger partial charge >= 0.3 is 0 Å². The van der Waals surface area contributed by atoms with Crippen LogP contribution in [0.4, 0.5) is 0 Å². The Morgan fingerprint density at radius 3 is 2.79 bits per heavy atom. The highest BCUT2D eigenvalue weighted by Crippen LogP contribution is 2.20. The zero-order valence-corrected chi connectivity index (χ0v) is 14.8. The van der Waals surface area contributed by atoms with Crippen molar-refractivity contribution in [3.05, 3.63) is 0 Å². The summed E-state index contributed by atoms with van der Waals surface area (Å²) in [5.41, 5.74) is 1.61. The van der Waals surface area contributed by atoms with Crippen LogP contribution in [0.3, 0.4) is 0 Å². The number of carbonyl (C=O) groups is 2. The first-order valence-corrected chi connectivity index (χ1v) is 8.63. The Kier molecular flexibility index (Phi) is 9.85. The van der Waals surface area contributed by atoms with Crippen molar-refractivity contribution >= 4 is 11.8 Å². The molecule has 1 rings (SSSR count). The molecular formula is C16H31N3O5. The van der Waals surface area contributed by atoms with Crippen molar-refractivity contribution in [3.8, 4) is 0 Å². The third-order valence-corrected chi connectivity index (χ3v) is 4.03. The second-order valence-corrected chi connectivity index (χ2v) is 6.74. The van der Waals surface area contributed by atoms with E-state index in [1.807, 2.05) is 20.8 Å². The standard InChI is InChI=1S/C16H31N3O5/c1-11(2)8-13-14(9-24-19-22)23-10-15(20)17-7-5-4-6-12(3)18-16(13)21/h11-14,19,22H,4-10H2,1-3H3,(H,17,20)(H,18,21)/t12-,13-,14?/m1/s1. The van der Waals surface area contributed by atoms with E-state index in [1.54, 1.807) is 5.64 Å². The van der Waals surface area contributed by atoms with E-state index in [9.17, 15) is 9.59 Å². The summed E-state index contributed by atoms with van der Waals surface area (Å²) in [7, 11) is 0. The fourth-order valence-electron chi connectivity index (χ4n) is 2.79. The van der Waals surface area contributed by atoms with Crippen molar-refractivity contribution in [2.75, 3.05) is 19.8 Å². The predicted molar refractivity (Wildman–Crippen MR) is 88.0 cm³/mol. The summed E-state index contributed by atoms with van der Waals surface area (Å²) in [6, 6.07) is 0.0566. The summed E-state index contributed by atoms with van der Waals surface area (Å²) in [6.45, 7) is 6.43. The molecule has 140 valence electrons. The van der Waals surface area contributed by atoms with Gasteiger partial charge in [0.15, 0.2) is 0 Å². The van der Waals surface area contributed by atoms with E-state index in [1.165, 1.54) is 0 Å². The molecule has 0 saturated carbocycles. The molecule has 1 aliphatic rings. The molecule has 0 aliphatic carbocycles. The number of carbonyl (C=O) groups excluding carboxylic acids is 2. The third kappa shape index (κ3) is 8.05. The number of hydrogen-bond acceptors (Lipinski definition) is 6. The first-order chi connectivity index (χ1) is 11.4. The van der Waals surface area contributed by atoms with Crippen LogP contribution in [0.1, 0.15) is 46.5 Å². The van der Waals surface area contributed by atoms with Crippen LogP contribution in [0.25, 0.3) is 0 Å². The molecule has 0 aromatic heterocycles. The predicted octanol–water partition coefficient (Wildman–Crippen LogP) is 0.749. The van der Waals surface area contributed by atoms with Gasteiger partial charge in [-0.25, -0.2) is 0 Å². The summed E-state index contributed by atoms with van der Waals surface area (Å²) in [6.07, 6.45) is 2.61. The molecule has 0 spiro atoms. The maximum absolute atomic E-state index is 12.7. The van der Waals surface area contributed by atoms with Gasteiger partial charge in [0.1, 0.15) is 6.61 Å². The molecular weight excluding hydrogens is 314 g/mol. The Bertz CT molecular complexity index is 392. The molecule has 3 atom stereocenters. The molecule has 0 radical (unpaired) electrons. The number of hydrogen-bond donors (Lipinski definition) is 4. The van der Waals surface area contributed by atoms with Crippen molar-refractivity contribution < 1.29 is 24.4 Å². The van der Waals surface area contributed by atoms with Gasteiger partial charge in [-0.15, -0.1) is 0 Å². The minimum atomic E-state index is -0.634. The zero-order valence-electron chi connectivity index (χ0n) is 14.8. The van der Waals surface area contributed by atoms with E-state index in [0.29, 0.717) is 13.0 Å². The smallest absolute Gasteiger partial charge is 0.246 e. The van der Waals surface area contributed by atoms with Crippen molar-refractivity contribution in [2.24, 2.45) is 11.8 Å². The molecule has 0 aromatic rings. The number of ether oxygens (including phenoxy) is 1. The maximum atomic E-state index is 12.7. The van der Waals surface area contributed by atoms with E-state index < -0.39 is 12.0 Å². The van der Waals surface area contributed by atoms with Crippen LogP contribution in [0, 0.1) is 11.8 Å². The van der Waals surface area contributed by atoms with Gasteiger partial charge in [0.25, 0.3) is 0 Å². The normalized spacial score (nSPS) is 27.6.